The highest BCUT2D eigenvalue weighted by molar-refractivity contribution is 6.36. The number of aromatic nitrogens is 1. The van der Waals surface area contributed by atoms with Gasteiger partial charge in [-0.3, -0.25) is 19.6 Å². The Balaban J connectivity index is 1.89. The van der Waals surface area contributed by atoms with Crippen molar-refractivity contribution in [2.24, 2.45) is 4.99 Å². The summed E-state index contributed by atoms with van der Waals surface area (Å²) in [7, 11) is 0. The minimum atomic E-state index is -1.58. The van der Waals surface area contributed by atoms with Gasteiger partial charge in [-0.15, -0.1) is 0 Å². The predicted octanol–water partition coefficient (Wildman–Crippen LogP) is 2.01. The van der Waals surface area contributed by atoms with Crippen molar-refractivity contribution in [3.63, 3.8) is 0 Å². The van der Waals surface area contributed by atoms with Crippen LogP contribution >= 0.6 is 0 Å². The number of aliphatic carboxylic acids is 1. The molecule has 0 atom stereocenters. The Bertz CT molecular complexity index is 1080. The summed E-state index contributed by atoms with van der Waals surface area (Å²) in [5.41, 5.74) is 0.791. The third-order valence-corrected chi connectivity index (χ3v) is 3.61. The van der Waals surface area contributed by atoms with Crippen LogP contribution in [0.25, 0.3) is 10.8 Å². The molecular weight excluding hydrogens is 338 g/mol. The van der Waals surface area contributed by atoms with Gasteiger partial charge in [-0.1, -0.05) is 18.2 Å². The molecule has 0 bridgehead atoms. The second-order valence-electron chi connectivity index (χ2n) is 5.33. The first kappa shape index (κ1) is 16.9. The molecule has 1 amide bonds. The van der Waals surface area contributed by atoms with Crippen LogP contribution in [0.2, 0.25) is 0 Å². The van der Waals surface area contributed by atoms with Crippen molar-refractivity contribution in [1.82, 2.24) is 4.98 Å². The highest BCUT2D eigenvalue weighted by Gasteiger charge is 2.11. The molecule has 2 aromatic carbocycles. The molecule has 0 saturated carbocycles. The molecule has 3 rings (SSSR count). The minimum Gasteiger partial charge on any atom is -0.494 e. The summed E-state index contributed by atoms with van der Waals surface area (Å²) < 4.78 is 0. The summed E-state index contributed by atoms with van der Waals surface area (Å²) in [6.07, 6.45) is 1.42. The van der Waals surface area contributed by atoms with E-state index in [-0.39, 0.29) is 5.88 Å². The smallest absolute Gasteiger partial charge is 0.394 e. The van der Waals surface area contributed by atoms with Crippen molar-refractivity contribution in [2.75, 3.05) is 5.32 Å². The lowest BCUT2D eigenvalue weighted by atomic mass is 10.1. The number of aliphatic imine (C=N–C) groups is 1. The number of pyridine rings is 1. The molecule has 0 aliphatic heterocycles. The topological polar surface area (TPSA) is 132 Å². The largest absolute Gasteiger partial charge is 0.494 e. The van der Waals surface area contributed by atoms with Crippen LogP contribution in [0, 0.1) is 0 Å². The van der Waals surface area contributed by atoms with Gasteiger partial charge in [0, 0.05) is 22.7 Å². The maximum absolute atomic E-state index is 11.9. The molecule has 8 nitrogen and oxygen atoms in total. The zero-order valence-electron chi connectivity index (χ0n) is 13.3. The Kier molecular flexibility index (Phi) is 4.48. The maximum atomic E-state index is 11.9. The second-order valence-corrected chi connectivity index (χ2v) is 5.33. The number of carbonyl (C=O) groups excluding carboxylic acids is 1. The van der Waals surface area contributed by atoms with Crippen LogP contribution in [0.1, 0.15) is 5.56 Å². The number of benzene rings is 2. The number of rotatable bonds is 3. The van der Waals surface area contributed by atoms with Crippen LogP contribution in [0.3, 0.4) is 0 Å². The van der Waals surface area contributed by atoms with Gasteiger partial charge in [-0.05, 0) is 30.3 Å². The van der Waals surface area contributed by atoms with E-state index in [9.17, 15) is 19.5 Å². The summed E-state index contributed by atoms with van der Waals surface area (Å²) in [6, 6.07) is 13.0. The fourth-order valence-corrected chi connectivity index (χ4v) is 2.37. The molecule has 8 heteroatoms. The van der Waals surface area contributed by atoms with Crippen LogP contribution in [0.4, 0.5) is 11.4 Å². The first-order chi connectivity index (χ1) is 12.5. The first-order valence-electron chi connectivity index (χ1n) is 7.48. The summed E-state index contributed by atoms with van der Waals surface area (Å²) in [5, 5.41) is 21.8. The van der Waals surface area contributed by atoms with E-state index < -0.39 is 17.4 Å². The third-order valence-electron chi connectivity index (χ3n) is 3.61. The van der Waals surface area contributed by atoms with Crippen molar-refractivity contribution >= 4 is 40.2 Å². The molecule has 130 valence electrons. The van der Waals surface area contributed by atoms with Crippen LogP contribution in [0.15, 0.2) is 58.3 Å². The zero-order valence-corrected chi connectivity index (χ0v) is 13.3. The Morgan fingerprint density at radius 2 is 1.69 bits per heavy atom. The van der Waals surface area contributed by atoms with Crippen molar-refractivity contribution in [3.8, 4) is 5.88 Å². The quantitative estimate of drug-likeness (QED) is 0.423. The maximum Gasteiger partial charge on any atom is 0.394 e. The average Bonchev–Trinajstić information content (AvgIpc) is 2.62. The van der Waals surface area contributed by atoms with E-state index in [4.69, 9.17) is 5.11 Å². The summed E-state index contributed by atoms with van der Waals surface area (Å²) in [5.74, 6) is -3.00. The minimum absolute atomic E-state index is 0.289. The molecule has 3 aromatic rings. The molecule has 1 heterocycles. The number of nitrogens with zero attached hydrogens (tertiary/aromatic N) is 1. The number of hydrogen-bond donors (Lipinski definition) is 4. The van der Waals surface area contributed by atoms with E-state index in [1.807, 2.05) is 0 Å². The number of nitrogens with one attached hydrogen (secondary N) is 2. The standard InChI is InChI=1S/C18H13N3O5/c22-15-13-4-2-1-3-12(13)14(16(23)21-15)9-19-10-5-7-11(8-6-10)20-17(24)18(25)26/h1-9H,(H,20,24)(H,25,26)(H2,21,22,23). The number of carbonyl (C=O) groups is 2. The number of fused-ring (bicyclic) bond motifs is 1. The molecule has 0 saturated heterocycles. The second kappa shape index (κ2) is 6.89. The SMILES string of the molecule is O=C(O)C(=O)Nc1ccc(N=Cc2c(O)[nH]c(=O)c3ccccc23)cc1. The van der Waals surface area contributed by atoms with E-state index in [1.54, 1.807) is 36.4 Å². The lowest BCUT2D eigenvalue weighted by Gasteiger charge is -2.04. The fraction of sp³-hybridized carbons (Fsp3) is 0. The fourth-order valence-electron chi connectivity index (χ4n) is 2.37. The summed E-state index contributed by atoms with van der Waals surface area (Å²) in [6.45, 7) is 0. The van der Waals surface area contributed by atoms with Crippen LogP contribution < -0.4 is 10.9 Å². The van der Waals surface area contributed by atoms with Gasteiger partial charge in [0.2, 0.25) is 5.88 Å². The van der Waals surface area contributed by atoms with Gasteiger partial charge in [0.15, 0.2) is 0 Å². The number of carboxylic acids is 1. The Morgan fingerprint density at radius 1 is 1.04 bits per heavy atom. The molecule has 0 radical (unpaired) electrons. The van der Waals surface area contributed by atoms with Crippen molar-refractivity contribution < 1.29 is 19.8 Å². The number of carboxylic acid groups (broad SMARTS) is 1. The van der Waals surface area contributed by atoms with Crippen LogP contribution in [-0.4, -0.2) is 33.3 Å². The molecule has 0 spiro atoms. The van der Waals surface area contributed by atoms with Gasteiger partial charge >= 0.3 is 11.9 Å². The normalized spacial score (nSPS) is 10.9. The van der Waals surface area contributed by atoms with Gasteiger partial charge in [-0.2, -0.15) is 0 Å². The Morgan fingerprint density at radius 3 is 2.35 bits per heavy atom. The Labute approximate surface area is 146 Å². The number of aromatic hydroxyl groups is 1. The summed E-state index contributed by atoms with van der Waals surface area (Å²) in [4.78, 5) is 40.1. The average molecular weight is 351 g/mol. The van der Waals surface area contributed by atoms with Gasteiger partial charge in [0.05, 0.1) is 11.3 Å². The number of H-pyrrole nitrogens is 1. The highest BCUT2D eigenvalue weighted by atomic mass is 16.4. The van der Waals surface area contributed by atoms with Crippen LogP contribution in [-0.2, 0) is 9.59 Å². The molecule has 0 unspecified atom stereocenters. The van der Waals surface area contributed by atoms with E-state index >= 15 is 0 Å². The zero-order chi connectivity index (χ0) is 18.7. The van der Waals surface area contributed by atoms with Crippen molar-refractivity contribution in [1.29, 1.82) is 0 Å². The predicted molar refractivity (Wildman–Crippen MR) is 96.2 cm³/mol. The highest BCUT2D eigenvalue weighted by Crippen LogP contribution is 2.22. The molecule has 4 N–H and O–H groups in total. The van der Waals surface area contributed by atoms with Gasteiger partial charge in [-0.25, -0.2) is 4.79 Å². The molecule has 0 aliphatic rings. The Hall–Kier alpha value is -3.94. The van der Waals surface area contributed by atoms with Gasteiger partial charge in [0.1, 0.15) is 0 Å². The van der Waals surface area contributed by atoms with Crippen LogP contribution in [0.5, 0.6) is 5.88 Å². The monoisotopic (exact) mass is 351 g/mol. The van der Waals surface area contributed by atoms with Gasteiger partial charge in [0.25, 0.3) is 5.56 Å². The number of amides is 1. The van der Waals surface area contributed by atoms with E-state index in [1.165, 1.54) is 18.3 Å². The molecule has 0 fully saturated rings. The lowest BCUT2D eigenvalue weighted by Crippen LogP contribution is -2.21. The molecule has 0 aliphatic carbocycles. The molecular formula is C18H13N3O5. The first-order valence-corrected chi connectivity index (χ1v) is 7.48. The van der Waals surface area contributed by atoms with Crippen molar-refractivity contribution in [2.45, 2.75) is 0 Å². The van der Waals surface area contributed by atoms with Crippen molar-refractivity contribution in [3.05, 3.63) is 64.4 Å². The molecule has 26 heavy (non-hydrogen) atoms. The third kappa shape index (κ3) is 3.44. The molecule has 1 aromatic heterocycles. The number of hydrogen-bond acceptors (Lipinski definition) is 5. The van der Waals surface area contributed by atoms with E-state index in [2.05, 4.69) is 15.3 Å². The van der Waals surface area contributed by atoms with E-state index in [0.717, 1.165) is 0 Å². The lowest BCUT2D eigenvalue weighted by molar-refractivity contribution is -0.147. The number of anilines is 1. The summed E-state index contributed by atoms with van der Waals surface area (Å²) >= 11 is 0. The van der Waals surface area contributed by atoms with Gasteiger partial charge < -0.3 is 15.5 Å². The van der Waals surface area contributed by atoms with E-state index in [0.29, 0.717) is 27.7 Å². The number of aromatic amines is 1.